The fourth-order valence-electron chi connectivity index (χ4n) is 2.48. The first-order valence-corrected chi connectivity index (χ1v) is 7.25. The van der Waals surface area contributed by atoms with Gasteiger partial charge in [0, 0.05) is 18.7 Å². The number of non-ortho nitro benzene ring substituents is 1. The minimum absolute atomic E-state index is 0.0702. The summed E-state index contributed by atoms with van der Waals surface area (Å²) in [7, 11) is 0. The van der Waals surface area contributed by atoms with E-state index in [-0.39, 0.29) is 28.3 Å². The van der Waals surface area contributed by atoms with Crippen molar-refractivity contribution in [3.05, 3.63) is 38.9 Å². The van der Waals surface area contributed by atoms with Crippen LogP contribution in [0, 0.1) is 16.0 Å². The number of nitrogens with one attached hydrogen (secondary N) is 1. The SMILES string of the molecule is O=C(NCC1CCC(O)CC1)c1ccc([N+](=O)[O-])cc1Cl. The molecule has 1 aliphatic rings. The molecule has 0 saturated heterocycles. The molecule has 1 fully saturated rings. The third-order valence-corrected chi connectivity index (χ3v) is 4.09. The molecule has 0 aliphatic heterocycles. The Labute approximate surface area is 127 Å². The molecular formula is C14H17ClN2O4. The smallest absolute Gasteiger partial charge is 0.270 e. The van der Waals surface area contributed by atoms with Gasteiger partial charge in [-0.25, -0.2) is 0 Å². The van der Waals surface area contributed by atoms with Crippen molar-refractivity contribution >= 4 is 23.2 Å². The van der Waals surface area contributed by atoms with Gasteiger partial charge in [-0.1, -0.05) is 11.6 Å². The van der Waals surface area contributed by atoms with Gasteiger partial charge in [-0.05, 0) is 37.7 Å². The van der Waals surface area contributed by atoms with Crippen molar-refractivity contribution in [2.45, 2.75) is 31.8 Å². The normalized spacial score (nSPS) is 21.8. The van der Waals surface area contributed by atoms with Gasteiger partial charge >= 0.3 is 0 Å². The van der Waals surface area contributed by atoms with Gasteiger partial charge < -0.3 is 10.4 Å². The van der Waals surface area contributed by atoms with Crippen LogP contribution >= 0.6 is 11.6 Å². The highest BCUT2D eigenvalue weighted by molar-refractivity contribution is 6.34. The van der Waals surface area contributed by atoms with E-state index in [0.717, 1.165) is 25.7 Å². The summed E-state index contributed by atoms with van der Waals surface area (Å²) in [6.07, 6.45) is 3.07. The van der Waals surface area contributed by atoms with Gasteiger partial charge in [0.1, 0.15) is 0 Å². The average Bonchev–Trinajstić information content (AvgIpc) is 2.46. The average molecular weight is 313 g/mol. The lowest BCUT2D eigenvalue weighted by Gasteiger charge is -2.25. The highest BCUT2D eigenvalue weighted by Gasteiger charge is 2.21. The van der Waals surface area contributed by atoms with Gasteiger partial charge in [0.25, 0.3) is 11.6 Å². The van der Waals surface area contributed by atoms with E-state index in [1.807, 2.05) is 0 Å². The number of amides is 1. The Morgan fingerprint density at radius 1 is 1.38 bits per heavy atom. The predicted molar refractivity (Wildman–Crippen MR) is 78.4 cm³/mol. The molecule has 0 heterocycles. The van der Waals surface area contributed by atoms with Crippen molar-refractivity contribution in [2.75, 3.05) is 6.54 Å². The molecule has 1 aliphatic carbocycles. The summed E-state index contributed by atoms with van der Waals surface area (Å²) in [6, 6.07) is 3.80. The predicted octanol–water partition coefficient (Wildman–Crippen LogP) is 2.53. The van der Waals surface area contributed by atoms with Crippen LogP contribution in [0.15, 0.2) is 18.2 Å². The van der Waals surface area contributed by atoms with Crippen LogP contribution in [0.4, 0.5) is 5.69 Å². The summed E-state index contributed by atoms with van der Waals surface area (Å²) in [5.41, 5.74) is 0.0935. The number of nitrogens with zero attached hydrogens (tertiary/aromatic N) is 1. The number of rotatable bonds is 4. The monoisotopic (exact) mass is 312 g/mol. The lowest BCUT2D eigenvalue weighted by molar-refractivity contribution is -0.384. The van der Waals surface area contributed by atoms with Crippen LogP contribution in [0.2, 0.25) is 5.02 Å². The number of carbonyl (C=O) groups is 1. The third-order valence-electron chi connectivity index (χ3n) is 3.78. The molecule has 6 nitrogen and oxygen atoms in total. The molecular weight excluding hydrogens is 296 g/mol. The number of nitro groups is 1. The Morgan fingerprint density at radius 3 is 2.62 bits per heavy atom. The van der Waals surface area contributed by atoms with Crippen molar-refractivity contribution in [3.63, 3.8) is 0 Å². The highest BCUT2D eigenvalue weighted by Crippen LogP contribution is 2.25. The highest BCUT2D eigenvalue weighted by atomic mass is 35.5. The standard InChI is InChI=1S/C14H17ClN2O4/c15-13-7-10(17(20)21)3-6-12(13)14(19)16-8-9-1-4-11(18)5-2-9/h3,6-7,9,11,18H,1-2,4-5,8H2,(H,16,19). The van der Waals surface area contributed by atoms with Gasteiger partial charge in [-0.2, -0.15) is 0 Å². The number of aliphatic hydroxyl groups is 1. The number of hydrogen-bond acceptors (Lipinski definition) is 4. The lowest BCUT2D eigenvalue weighted by Crippen LogP contribution is -2.32. The Morgan fingerprint density at radius 2 is 2.05 bits per heavy atom. The van der Waals surface area contributed by atoms with E-state index in [9.17, 15) is 20.0 Å². The van der Waals surface area contributed by atoms with Crippen LogP contribution in [0.5, 0.6) is 0 Å². The molecule has 21 heavy (non-hydrogen) atoms. The zero-order valence-electron chi connectivity index (χ0n) is 11.4. The van der Waals surface area contributed by atoms with Crippen molar-refractivity contribution in [3.8, 4) is 0 Å². The second-order valence-electron chi connectivity index (χ2n) is 5.31. The van der Waals surface area contributed by atoms with Gasteiger partial charge in [0.2, 0.25) is 0 Å². The first kappa shape index (κ1) is 15.7. The van der Waals surface area contributed by atoms with Gasteiger partial charge in [-0.3, -0.25) is 14.9 Å². The topological polar surface area (TPSA) is 92.5 Å². The number of nitro benzene ring substituents is 1. The summed E-state index contributed by atoms with van der Waals surface area (Å²) >= 11 is 5.91. The fraction of sp³-hybridized carbons (Fsp3) is 0.500. The summed E-state index contributed by atoms with van der Waals surface area (Å²) < 4.78 is 0. The van der Waals surface area contributed by atoms with Crippen LogP contribution in [0.1, 0.15) is 36.0 Å². The van der Waals surface area contributed by atoms with Crippen LogP contribution in [0.3, 0.4) is 0 Å². The van der Waals surface area contributed by atoms with Crippen molar-refractivity contribution in [1.82, 2.24) is 5.32 Å². The van der Waals surface area contributed by atoms with Crippen molar-refractivity contribution in [2.24, 2.45) is 5.92 Å². The van der Waals surface area contributed by atoms with E-state index in [4.69, 9.17) is 11.6 Å². The molecule has 0 bridgehead atoms. The third kappa shape index (κ3) is 4.15. The summed E-state index contributed by atoms with van der Waals surface area (Å²) in [4.78, 5) is 22.1. The number of halogens is 1. The summed E-state index contributed by atoms with van der Waals surface area (Å²) in [6.45, 7) is 0.527. The number of aliphatic hydroxyl groups excluding tert-OH is 1. The zero-order valence-corrected chi connectivity index (χ0v) is 12.2. The maximum Gasteiger partial charge on any atom is 0.270 e. The molecule has 7 heteroatoms. The van der Waals surface area contributed by atoms with E-state index >= 15 is 0 Å². The fourth-order valence-corrected chi connectivity index (χ4v) is 2.74. The molecule has 0 radical (unpaired) electrons. The quantitative estimate of drug-likeness (QED) is 0.660. The Kier molecular flexibility index (Phi) is 5.14. The molecule has 0 unspecified atom stereocenters. The first-order chi connectivity index (χ1) is 9.97. The second-order valence-corrected chi connectivity index (χ2v) is 5.71. The van der Waals surface area contributed by atoms with Crippen LogP contribution < -0.4 is 5.32 Å². The molecule has 2 N–H and O–H groups in total. The largest absolute Gasteiger partial charge is 0.393 e. The van der Waals surface area contributed by atoms with Crippen LogP contribution in [0.25, 0.3) is 0 Å². The molecule has 0 atom stereocenters. The molecule has 1 aromatic carbocycles. The number of benzene rings is 1. The van der Waals surface area contributed by atoms with Crippen molar-refractivity contribution < 1.29 is 14.8 Å². The molecule has 114 valence electrons. The van der Waals surface area contributed by atoms with E-state index in [1.54, 1.807) is 0 Å². The van der Waals surface area contributed by atoms with E-state index in [1.165, 1.54) is 18.2 Å². The molecule has 0 spiro atoms. The molecule has 0 aromatic heterocycles. The second kappa shape index (κ2) is 6.87. The number of hydrogen-bond donors (Lipinski definition) is 2. The maximum absolute atomic E-state index is 12.0. The molecule has 1 amide bonds. The van der Waals surface area contributed by atoms with Gasteiger partial charge in [0.15, 0.2) is 0 Å². The minimum Gasteiger partial charge on any atom is -0.393 e. The molecule has 1 saturated carbocycles. The maximum atomic E-state index is 12.0. The van der Waals surface area contributed by atoms with Crippen LogP contribution in [-0.4, -0.2) is 28.6 Å². The van der Waals surface area contributed by atoms with E-state index < -0.39 is 4.92 Å². The zero-order chi connectivity index (χ0) is 15.4. The Balaban J connectivity index is 1.93. The number of carbonyl (C=O) groups excluding carboxylic acids is 1. The lowest BCUT2D eigenvalue weighted by atomic mass is 9.87. The van der Waals surface area contributed by atoms with Crippen molar-refractivity contribution in [1.29, 1.82) is 0 Å². The van der Waals surface area contributed by atoms with Crippen LogP contribution in [-0.2, 0) is 0 Å². The van der Waals surface area contributed by atoms with E-state index in [0.29, 0.717) is 12.5 Å². The Hall–Kier alpha value is -1.66. The van der Waals surface area contributed by atoms with E-state index in [2.05, 4.69) is 5.32 Å². The first-order valence-electron chi connectivity index (χ1n) is 6.87. The molecule has 1 aromatic rings. The van der Waals surface area contributed by atoms with Gasteiger partial charge in [-0.15, -0.1) is 0 Å². The van der Waals surface area contributed by atoms with Gasteiger partial charge in [0.05, 0.1) is 21.6 Å². The molecule has 2 rings (SSSR count). The summed E-state index contributed by atoms with van der Waals surface area (Å²) in [5.74, 6) is 0.0233. The summed E-state index contributed by atoms with van der Waals surface area (Å²) in [5, 5.41) is 22.9. The Bertz CT molecular complexity index is 542. The minimum atomic E-state index is -0.555.